The smallest absolute Gasteiger partial charge is 0.265 e. The fraction of sp³-hybridized carbons (Fsp3) is 0.0769. The lowest BCUT2D eigenvalue weighted by atomic mass is 10.3. The van der Waals surface area contributed by atoms with Crippen molar-refractivity contribution >= 4 is 15.7 Å². The molecule has 6 heteroatoms. The number of phenols is 1. The average Bonchev–Trinajstić information content (AvgIpc) is 2.39. The number of ether oxygens (including phenoxy) is 1. The highest BCUT2D eigenvalue weighted by Gasteiger charge is 2.17. The summed E-state index contributed by atoms with van der Waals surface area (Å²) in [4.78, 5) is -0.161. The minimum atomic E-state index is -3.80. The largest absolute Gasteiger partial charge is 0.507 e. The summed E-state index contributed by atoms with van der Waals surface area (Å²) >= 11 is 0. The topological polar surface area (TPSA) is 75.6 Å². The molecule has 100 valence electrons. The number of sulfonamides is 1. The highest BCUT2D eigenvalue weighted by Crippen LogP contribution is 2.24. The Morgan fingerprint density at radius 3 is 2.26 bits per heavy atom. The van der Waals surface area contributed by atoms with Crippen molar-refractivity contribution in [2.24, 2.45) is 0 Å². The molecule has 19 heavy (non-hydrogen) atoms. The van der Waals surface area contributed by atoms with Crippen LogP contribution in [0.2, 0.25) is 0 Å². The second kappa shape index (κ2) is 5.19. The summed E-state index contributed by atoms with van der Waals surface area (Å²) in [7, 11) is -2.28. The Bertz CT molecular complexity index is 665. The van der Waals surface area contributed by atoms with Crippen LogP contribution in [0.5, 0.6) is 11.5 Å². The summed E-state index contributed by atoms with van der Waals surface area (Å²) in [5, 5.41) is 9.57. The van der Waals surface area contributed by atoms with Gasteiger partial charge in [0.1, 0.15) is 16.4 Å². The van der Waals surface area contributed by atoms with Gasteiger partial charge in [0.2, 0.25) is 0 Å². The molecule has 0 spiro atoms. The first-order chi connectivity index (χ1) is 9.03. The van der Waals surface area contributed by atoms with Crippen LogP contribution in [0.25, 0.3) is 0 Å². The molecule has 0 aliphatic carbocycles. The van der Waals surface area contributed by atoms with Gasteiger partial charge in [-0.15, -0.1) is 0 Å². The van der Waals surface area contributed by atoms with Gasteiger partial charge in [0, 0.05) is 5.69 Å². The highest BCUT2D eigenvalue weighted by atomic mass is 32.2. The van der Waals surface area contributed by atoms with Crippen LogP contribution in [-0.2, 0) is 10.0 Å². The molecule has 2 rings (SSSR count). The zero-order chi connectivity index (χ0) is 13.9. The number of aromatic hydroxyl groups is 1. The van der Waals surface area contributed by atoms with Crippen LogP contribution >= 0.6 is 0 Å². The molecule has 0 fully saturated rings. The van der Waals surface area contributed by atoms with Gasteiger partial charge in [-0.05, 0) is 36.4 Å². The molecule has 0 atom stereocenters. The Morgan fingerprint density at radius 1 is 1.05 bits per heavy atom. The second-order valence-corrected chi connectivity index (χ2v) is 5.45. The van der Waals surface area contributed by atoms with Crippen molar-refractivity contribution in [3.63, 3.8) is 0 Å². The van der Waals surface area contributed by atoms with Gasteiger partial charge in [-0.1, -0.05) is 12.1 Å². The van der Waals surface area contributed by atoms with Crippen molar-refractivity contribution in [3.8, 4) is 11.5 Å². The highest BCUT2D eigenvalue weighted by molar-refractivity contribution is 7.92. The van der Waals surface area contributed by atoms with Crippen molar-refractivity contribution in [1.29, 1.82) is 0 Å². The Balaban J connectivity index is 2.28. The number of benzene rings is 2. The van der Waals surface area contributed by atoms with Gasteiger partial charge in [0.15, 0.2) is 0 Å². The predicted octanol–water partition coefficient (Wildman–Crippen LogP) is 2.20. The standard InChI is InChI=1S/C13H13NO4S/c1-18-11-8-6-10(7-9-11)14-19(16,17)13-5-3-2-4-12(13)15/h2-9,14-15H,1H3. The molecule has 0 unspecified atom stereocenters. The first kappa shape index (κ1) is 13.2. The molecule has 0 saturated carbocycles. The molecule has 0 bridgehead atoms. The summed E-state index contributed by atoms with van der Waals surface area (Å²) in [6.07, 6.45) is 0. The Hall–Kier alpha value is -2.21. The van der Waals surface area contributed by atoms with Gasteiger partial charge in [-0.25, -0.2) is 8.42 Å². The summed E-state index contributed by atoms with van der Waals surface area (Å²) in [5.41, 5.74) is 0.393. The quantitative estimate of drug-likeness (QED) is 0.899. The third-order valence-corrected chi connectivity index (χ3v) is 3.93. The predicted molar refractivity (Wildman–Crippen MR) is 71.9 cm³/mol. The van der Waals surface area contributed by atoms with Gasteiger partial charge >= 0.3 is 0 Å². The van der Waals surface area contributed by atoms with Crippen molar-refractivity contribution in [2.45, 2.75) is 4.90 Å². The van der Waals surface area contributed by atoms with Crippen molar-refractivity contribution in [1.82, 2.24) is 0 Å². The fourth-order valence-electron chi connectivity index (χ4n) is 1.55. The summed E-state index contributed by atoms with van der Waals surface area (Å²) in [6, 6.07) is 12.2. The van der Waals surface area contributed by atoms with Crippen molar-refractivity contribution < 1.29 is 18.3 Å². The average molecular weight is 279 g/mol. The molecule has 2 aromatic carbocycles. The number of hydrogen-bond donors (Lipinski definition) is 2. The van der Waals surface area contributed by atoms with Crippen LogP contribution in [-0.4, -0.2) is 20.6 Å². The lowest BCUT2D eigenvalue weighted by molar-refractivity contribution is 0.415. The summed E-state index contributed by atoms with van der Waals surface area (Å²) in [5.74, 6) is 0.342. The minimum absolute atomic E-state index is 0.161. The fourth-order valence-corrected chi connectivity index (χ4v) is 2.71. The Kier molecular flexibility index (Phi) is 3.62. The number of methoxy groups -OCH3 is 1. The number of para-hydroxylation sites is 1. The molecule has 0 heterocycles. The lowest BCUT2D eigenvalue weighted by Crippen LogP contribution is -2.12. The maximum Gasteiger partial charge on any atom is 0.265 e. The first-order valence-corrected chi connectivity index (χ1v) is 6.96. The van der Waals surface area contributed by atoms with Crippen molar-refractivity contribution in [3.05, 3.63) is 48.5 Å². The van der Waals surface area contributed by atoms with Gasteiger partial charge in [0.05, 0.1) is 7.11 Å². The van der Waals surface area contributed by atoms with E-state index in [1.807, 2.05) is 0 Å². The number of nitrogens with one attached hydrogen (secondary N) is 1. The van der Waals surface area contributed by atoms with E-state index in [0.717, 1.165) is 0 Å². The number of rotatable bonds is 4. The van der Waals surface area contributed by atoms with E-state index in [9.17, 15) is 13.5 Å². The summed E-state index contributed by atoms with van der Waals surface area (Å²) in [6.45, 7) is 0. The van der Waals surface area contributed by atoms with E-state index in [1.165, 1.54) is 19.2 Å². The van der Waals surface area contributed by atoms with Gasteiger partial charge in [-0.2, -0.15) is 0 Å². The van der Waals surface area contributed by atoms with Crippen molar-refractivity contribution in [2.75, 3.05) is 11.8 Å². The third kappa shape index (κ3) is 2.97. The zero-order valence-corrected chi connectivity index (χ0v) is 11.0. The minimum Gasteiger partial charge on any atom is -0.507 e. The number of hydrogen-bond acceptors (Lipinski definition) is 4. The maximum atomic E-state index is 12.1. The van der Waals surface area contributed by atoms with Gasteiger partial charge in [-0.3, -0.25) is 4.72 Å². The van der Waals surface area contributed by atoms with Crippen LogP contribution in [0.3, 0.4) is 0 Å². The Morgan fingerprint density at radius 2 is 1.68 bits per heavy atom. The summed E-state index contributed by atoms with van der Waals surface area (Å²) < 4.78 is 31.5. The maximum absolute atomic E-state index is 12.1. The van der Waals surface area contributed by atoms with Crippen LogP contribution in [0.1, 0.15) is 0 Å². The molecule has 0 aromatic heterocycles. The first-order valence-electron chi connectivity index (χ1n) is 5.48. The zero-order valence-electron chi connectivity index (χ0n) is 10.2. The third-order valence-electron chi connectivity index (χ3n) is 2.50. The van der Waals surface area contributed by atoms with E-state index in [2.05, 4.69) is 4.72 Å². The number of phenolic OH excluding ortho intramolecular Hbond substituents is 1. The molecule has 2 N–H and O–H groups in total. The monoisotopic (exact) mass is 279 g/mol. The van der Waals surface area contributed by atoms with Crippen LogP contribution in [0, 0.1) is 0 Å². The molecular formula is C13H13NO4S. The number of anilines is 1. The second-order valence-electron chi connectivity index (χ2n) is 3.80. The Labute approximate surface area is 111 Å². The van der Waals surface area contributed by atoms with E-state index in [4.69, 9.17) is 4.74 Å². The lowest BCUT2D eigenvalue weighted by Gasteiger charge is -2.09. The van der Waals surface area contributed by atoms with Crippen LogP contribution in [0.4, 0.5) is 5.69 Å². The van der Waals surface area contributed by atoms with Gasteiger partial charge < -0.3 is 9.84 Å². The normalized spacial score (nSPS) is 11.0. The van der Waals surface area contributed by atoms with E-state index >= 15 is 0 Å². The van der Waals surface area contributed by atoms with Gasteiger partial charge in [0.25, 0.3) is 10.0 Å². The molecular weight excluding hydrogens is 266 g/mol. The SMILES string of the molecule is COc1ccc(NS(=O)(=O)c2ccccc2O)cc1. The molecule has 0 amide bonds. The van der Waals surface area contributed by atoms with Crippen LogP contribution in [0.15, 0.2) is 53.4 Å². The van der Waals surface area contributed by atoms with E-state index < -0.39 is 10.0 Å². The molecule has 0 aliphatic heterocycles. The van der Waals surface area contributed by atoms with E-state index in [0.29, 0.717) is 11.4 Å². The molecule has 5 nitrogen and oxygen atoms in total. The molecule has 0 saturated heterocycles. The van der Waals surface area contributed by atoms with E-state index in [-0.39, 0.29) is 10.6 Å². The molecule has 2 aromatic rings. The van der Waals surface area contributed by atoms with Crippen LogP contribution < -0.4 is 9.46 Å². The van der Waals surface area contributed by atoms with E-state index in [1.54, 1.807) is 36.4 Å². The molecule has 0 radical (unpaired) electrons. The molecule has 0 aliphatic rings.